The lowest BCUT2D eigenvalue weighted by molar-refractivity contribution is -0.150. The third-order valence-electron chi connectivity index (χ3n) is 5.29. The summed E-state index contributed by atoms with van der Waals surface area (Å²) in [6.07, 6.45) is 0.380. The third-order valence-corrected chi connectivity index (χ3v) is 6.17. The van der Waals surface area contributed by atoms with E-state index in [-0.39, 0.29) is 29.8 Å². The van der Waals surface area contributed by atoms with Crippen molar-refractivity contribution in [3.05, 3.63) is 57.8 Å². The molecule has 2 amide bonds. The van der Waals surface area contributed by atoms with Crippen LogP contribution in [0.15, 0.2) is 41.8 Å². The van der Waals surface area contributed by atoms with Gasteiger partial charge in [-0.2, -0.15) is 0 Å². The van der Waals surface area contributed by atoms with Crippen LogP contribution < -0.4 is 0 Å². The van der Waals surface area contributed by atoms with Gasteiger partial charge in [-0.3, -0.25) is 9.59 Å². The highest BCUT2D eigenvalue weighted by Gasteiger charge is 2.44. The molecule has 25 heavy (non-hydrogen) atoms. The molecule has 3 heterocycles. The number of hydrogen-bond donors (Lipinski definition) is 0. The van der Waals surface area contributed by atoms with Gasteiger partial charge in [0.25, 0.3) is 0 Å². The number of carbonyl (C=O) groups is 2. The Morgan fingerprint density at radius 1 is 1.24 bits per heavy atom. The Kier molecular flexibility index (Phi) is 3.91. The summed E-state index contributed by atoms with van der Waals surface area (Å²) in [4.78, 5) is 30.2. The van der Waals surface area contributed by atoms with E-state index < -0.39 is 0 Å². The molecule has 130 valence electrons. The van der Waals surface area contributed by atoms with Crippen molar-refractivity contribution in [2.24, 2.45) is 0 Å². The summed E-state index contributed by atoms with van der Waals surface area (Å²) >= 11 is 1.58. The van der Waals surface area contributed by atoms with E-state index in [0.717, 1.165) is 4.88 Å². The maximum absolute atomic E-state index is 12.8. The van der Waals surface area contributed by atoms with Gasteiger partial charge in [0.15, 0.2) is 0 Å². The fourth-order valence-electron chi connectivity index (χ4n) is 4.04. The van der Waals surface area contributed by atoms with E-state index in [1.807, 2.05) is 28.5 Å². The van der Waals surface area contributed by atoms with Crippen molar-refractivity contribution in [3.63, 3.8) is 0 Å². The number of amides is 2. The Hall–Kier alpha value is -2.14. The van der Waals surface area contributed by atoms with Crippen LogP contribution in [0, 0.1) is 0 Å². The van der Waals surface area contributed by atoms with Crippen molar-refractivity contribution in [1.29, 1.82) is 0 Å². The zero-order chi connectivity index (χ0) is 17.6. The zero-order valence-corrected chi connectivity index (χ0v) is 15.4. The van der Waals surface area contributed by atoms with E-state index in [9.17, 15) is 9.59 Å². The smallest absolute Gasteiger partial charge is 0.242 e. The van der Waals surface area contributed by atoms with Crippen LogP contribution in [0.5, 0.6) is 0 Å². The number of fused-ring (bicyclic) bond motifs is 3. The molecule has 1 unspecified atom stereocenters. The van der Waals surface area contributed by atoms with Crippen LogP contribution in [-0.4, -0.2) is 41.2 Å². The van der Waals surface area contributed by atoms with E-state index in [1.165, 1.54) is 11.1 Å². The first-order valence-corrected chi connectivity index (χ1v) is 9.53. The van der Waals surface area contributed by atoms with Crippen LogP contribution in [0.25, 0.3) is 0 Å². The summed E-state index contributed by atoms with van der Waals surface area (Å²) in [5.74, 6) is 0.0936. The zero-order valence-electron chi connectivity index (χ0n) is 14.6. The largest absolute Gasteiger partial charge is 0.331 e. The molecule has 1 atom stereocenters. The maximum Gasteiger partial charge on any atom is 0.242 e. The van der Waals surface area contributed by atoms with Gasteiger partial charge in [-0.25, -0.2) is 0 Å². The molecule has 1 fully saturated rings. The van der Waals surface area contributed by atoms with Gasteiger partial charge in [-0.05, 0) is 22.6 Å². The van der Waals surface area contributed by atoms with Gasteiger partial charge >= 0.3 is 0 Å². The van der Waals surface area contributed by atoms with Gasteiger partial charge in [-0.15, -0.1) is 11.3 Å². The summed E-state index contributed by atoms with van der Waals surface area (Å²) in [7, 11) is 0. The van der Waals surface area contributed by atoms with Crippen molar-refractivity contribution in [2.45, 2.75) is 31.7 Å². The van der Waals surface area contributed by atoms with Crippen molar-refractivity contribution in [1.82, 2.24) is 9.80 Å². The molecule has 0 saturated carbocycles. The Bertz CT molecular complexity index is 813. The summed E-state index contributed by atoms with van der Waals surface area (Å²) in [5, 5.41) is 1.98. The first kappa shape index (κ1) is 16.3. The predicted octanol–water partition coefficient (Wildman–Crippen LogP) is 2.99. The second-order valence-corrected chi connectivity index (χ2v) is 8.57. The van der Waals surface area contributed by atoms with Crippen molar-refractivity contribution in [2.75, 3.05) is 19.6 Å². The van der Waals surface area contributed by atoms with Crippen LogP contribution in [0.4, 0.5) is 0 Å². The van der Waals surface area contributed by atoms with Gasteiger partial charge in [0.2, 0.25) is 11.8 Å². The topological polar surface area (TPSA) is 40.6 Å². The van der Waals surface area contributed by atoms with Crippen LogP contribution >= 0.6 is 11.3 Å². The lowest BCUT2D eigenvalue weighted by Crippen LogP contribution is -2.58. The standard InChI is InChI=1S/C20H22N2O2S/c1-20(2)13-22-17(15-7-3-4-8-16(15)20)11-21(12-19(22)24)18(23)10-14-6-5-9-25-14/h3-9,17H,10-13H2,1-2H3. The molecule has 0 radical (unpaired) electrons. The van der Waals surface area contributed by atoms with Gasteiger partial charge in [-0.1, -0.05) is 44.2 Å². The Morgan fingerprint density at radius 3 is 2.80 bits per heavy atom. The highest BCUT2D eigenvalue weighted by molar-refractivity contribution is 7.10. The van der Waals surface area contributed by atoms with Gasteiger partial charge in [0.05, 0.1) is 19.0 Å². The molecule has 0 N–H and O–H groups in total. The number of hydrogen-bond acceptors (Lipinski definition) is 3. The van der Waals surface area contributed by atoms with Gasteiger partial charge in [0.1, 0.15) is 0 Å². The van der Waals surface area contributed by atoms with Crippen molar-refractivity contribution in [3.8, 4) is 0 Å². The minimum Gasteiger partial charge on any atom is -0.331 e. The van der Waals surface area contributed by atoms with Crippen LogP contribution in [0.3, 0.4) is 0 Å². The van der Waals surface area contributed by atoms with E-state index in [4.69, 9.17) is 0 Å². The number of benzene rings is 1. The number of rotatable bonds is 2. The van der Waals surface area contributed by atoms with E-state index in [1.54, 1.807) is 16.2 Å². The van der Waals surface area contributed by atoms with Crippen LogP contribution in [-0.2, 0) is 21.4 Å². The fourth-order valence-corrected chi connectivity index (χ4v) is 4.74. The molecular formula is C20H22N2O2S. The summed E-state index contributed by atoms with van der Waals surface area (Å²) in [5.41, 5.74) is 2.41. The summed E-state index contributed by atoms with van der Waals surface area (Å²) in [6.45, 7) is 5.86. The maximum atomic E-state index is 12.8. The molecule has 0 aliphatic carbocycles. The predicted molar refractivity (Wildman–Crippen MR) is 98.5 cm³/mol. The first-order chi connectivity index (χ1) is 12.0. The van der Waals surface area contributed by atoms with E-state index in [2.05, 4.69) is 32.0 Å². The van der Waals surface area contributed by atoms with Gasteiger partial charge in [0, 0.05) is 23.4 Å². The van der Waals surface area contributed by atoms with Crippen LogP contribution in [0.2, 0.25) is 0 Å². The molecule has 2 aromatic rings. The second kappa shape index (κ2) is 5.99. The molecule has 4 nitrogen and oxygen atoms in total. The highest BCUT2D eigenvalue weighted by Crippen LogP contribution is 2.41. The molecular weight excluding hydrogens is 332 g/mol. The van der Waals surface area contributed by atoms with Crippen molar-refractivity contribution < 1.29 is 9.59 Å². The molecule has 4 rings (SSSR count). The second-order valence-electron chi connectivity index (χ2n) is 7.54. The summed E-state index contributed by atoms with van der Waals surface area (Å²) < 4.78 is 0. The average molecular weight is 354 g/mol. The number of nitrogens with zero attached hydrogens (tertiary/aromatic N) is 2. The van der Waals surface area contributed by atoms with Gasteiger partial charge < -0.3 is 9.80 Å². The third kappa shape index (κ3) is 2.86. The molecule has 0 bridgehead atoms. The molecule has 1 saturated heterocycles. The molecule has 2 aliphatic heterocycles. The van der Waals surface area contributed by atoms with Crippen LogP contribution in [0.1, 0.15) is 35.9 Å². The molecule has 2 aliphatic rings. The Balaban J connectivity index is 1.62. The molecule has 0 spiro atoms. The van der Waals surface area contributed by atoms with E-state index >= 15 is 0 Å². The molecule has 5 heteroatoms. The molecule has 1 aromatic carbocycles. The monoisotopic (exact) mass is 354 g/mol. The lowest BCUT2D eigenvalue weighted by atomic mass is 9.75. The first-order valence-electron chi connectivity index (χ1n) is 8.65. The fraction of sp³-hybridized carbons (Fsp3) is 0.400. The highest BCUT2D eigenvalue weighted by atomic mass is 32.1. The Morgan fingerprint density at radius 2 is 2.04 bits per heavy atom. The number of thiophene rings is 1. The van der Waals surface area contributed by atoms with E-state index in [0.29, 0.717) is 19.5 Å². The quantitative estimate of drug-likeness (QED) is 0.832. The minimum atomic E-state index is -0.0636. The summed E-state index contributed by atoms with van der Waals surface area (Å²) in [6, 6.07) is 12.2. The average Bonchev–Trinajstić information content (AvgIpc) is 3.09. The lowest BCUT2D eigenvalue weighted by Gasteiger charge is -2.49. The SMILES string of the molecule is CC1(C)CN2C(=O)CN(C(=O)Cc3cccs3)CC2c2ccccc21. The Labute approximate surface area is 152 Å². The number of carbonyl (C=O) groups excluding carboxylic acids is 2. The normalized spacial score (nSPS) is 21.7. The van der Waals surface area contributed by atoms with Crippen molar-refractivity contribution >= 4 is 23.2 Å². The molecule has 1 aromatic heterocycles. The number of piperazine rings is 1. The minimum absolute atomic E-state index is 0.0299.